The summed E-state index contributed by atoms with van der Waals surface area (Å²) >= 11 is 0. The quantitative estimate of drug-likeness (QED) is 0.637. The fourth-order valence-corrected chi connectivity index (χ4v) is 3.20. The lowest BCUT2D eigenvalue weighted by molar-refractivity contribution is -0.127. The topological polar surface area (TPSA) is 37.3 Å². The van der Waals surface area contributed by atoms with E-state index in [1.807, 2.05) is 13.8 Å². The number of hydrogen-bond acceptors (Lipinski definition) is 2. The average molecular weight is 220 g/mol. The molecule has 88 valence electrons. The Morgan fingerprint density at radius 3 is 2.56 bits per heavy atom. The minimum Gasteiger partial charge on any atom is -0.388 e. The molecule has 0 heterocycles. The van der Waals surface area contributed by atoms with Gasteiger partial charge in [-0.25, -0.2) is 0 Å². The Labute approximate surface area is 97.0 Å². The van der Waals surface area contributed by atoms with Gasteiger partial charge >= 0.3 is 0 Å². The molecule has 0 bridgehead atoms. The van der Waals surface area contributed by atoms with Crippen molar-refractivity contribution in [3.05, 3.63) is 22.8 Å². The van der Waals surface area contributed by atoms with Crippen LogP contribution in [0.15, 0.2) is 22.8 Å². The van der Waals surface area contributed by atoms with Crippen molar-refractivity contribution in [1.82, 2.24) is 0 Å². The number of fused-ring (bicyclic) bond motifs is 1. The molecule has 0 fully saturated rings. The van der Waals surface area contributed by atoms with Crippen LogP contribution in [0.5, 0.6) is 0 Å². The van der Waals surface area contributed by atoms with E-state index in [0.717, 1.165) is 18.4 Å². The predicted molar refractivity (Wildman–Crippen MR) is 64.0 cm³/mol. The summed E-state index contributed by atoms with van der Waals surface area (Å²) < 4.78 is 0. The molecule has 2 rings (SSSR count). The monoisotopic (exact) mass is 220 g/mol. The standard InChI is InChI=1S/C14H20O2/c1-8-5-11-12(15)6-9(2)13(16)14(11,4)7-10(8)3/h6,11,13,16H,5,7H2,1-4H3/t11-,13+,14-/m1/s1. The van der Waals surface area contributed by atoms with Crippen molar-refractivity contribution in [3.63, 3.8) is 0 Å². The molecule has 0 aromatic rings. The summed E-state index contributed by atoms with van der Waals surface area (Å²) in [7, 11) is 0. The van der Waals surface area contributed by atoms with Gasteiger partial charge in [-0.3, -0.25) is 4.79 Å². The van der Waals surface area contributed by atoms with E-state index in [-0.39, 0.29) is 17.1 Å². The van der Waals surface area contributed by atoms with Crippen LogP contribution in [0.1, 0.15) is 40.5 Å². The molecule has 2 heteroatoms. The maximum atomic E-state index is 12.0. The highest BCUT2D eigenvalue weighted by atomic mass is 16.3. The molecule has 0 aromatic heterocycles. The van der Waals surface area contributed by atoms with Crippen molar-refractivity contribution in [3.8, 4) is 0 Å². The number of aliphatic hydroxyl groups excluding tert-OH is 1. The Bertz CT molecular complexity index is 403. The SMILES string of the molecule is CC1=CC(=O)[C@H]2CC(C)=C(C)C[C@@]2(C)[C@H]1O. The molecule has 0 saturated carbocycles. The lowest BCUT2D eigenvalue weighted by Crippen LogP contribution is -2.48. The van der Waals surface area contributed by atoms with Crippen LogP contribution < -0.4 is 0 Å². The molecule has 3 atom stereocenters. The van der Waals surface area contributed by atoms with Crippen molar-refractivity contribution >= 4 is 5.78 Å². The fraction of sp³-hybridized carbons (Fsp3) is 0.643. The summed E-state index contributed by atoms with van der Waals surface area (Å²) in [5.74, 6) is 0.159. The molecule has 0 aliphatic heterocycles. The van der Waals surface area contributed by atoms with E-state index >= 15 is 0 Å². The maximum Gasteiger partial charge on any atom is 0.159 e. The van der Waals surface area contributed by atoms with E-state index in [4.69, 9.17) is 0 Å². The largest absolute Gasteiger partial charge is 0.388 e. The first-order valence-corrected chi connectivity index (χ1v) is 5.91. The molecule has 2 nitrogen and oxygen atoms in total. The van der Waals surface area contributed by atoms with Gasteiger partial charge in [0.15, 0.2) is 5.78 Å². The van der Waals surface area contributed by atoms with Crippen LogP contribution in [0.2, 0.25) is 0 Å². The smallest absolute Gasteiger partial charge is 0.159 e. The zero-order valence-electron chi connectivity index (χ0n) is 10.5. The lowest BCUT2D eigenvalue weighted by Gasteiger charge is -2.47. The molecular formula is C14H20O2. The summed E-state index contributed by atoms with van der Waals surface area (Å²) in [5.41, 5.74) is 3.17. The van der Waals surface area contributed by atoms with E-state index in [2.05, 4.69) is 13.8 Å². The second-order valence-electron chi connectivity index (χ2n) is 5.69. The zero-order valence-corrected chi connectivity index (χ0v) is 10.5. The van der Waals surface area contributed by atoms with Crippen molar-refractivity contribution in [2.45, 2.75) is 46.6 Å². The van der Waals surface area contributed by atoms with Gasteiger partial charge in [0.25, 0.3) is 0 Å². The Kier molecular flexibility index (Phi) is 2.58. The van der Waals surface area contributed by atoms with Crippen LogP contribution in [-0.2, 0) is 4.79 Å². The van der Waals surface area contributed by atoms with Gasteiger partial charge in [-0.15, -0.1) is 0 Å². The first kappa shape index (κ1) is 11.6. The maximum absolute atomic E-state index is 12.0. The summed E-state index contributed by atoms with van der Waals surface area (Å²) in [6.45, 7) is 8.11. The van der Waals surface area contributed by atoms with Crippen LogP contribution >= 0.6 is 0 Å². The Morgan fingerprint density at radius 1 is 1.31 bits per heavy atom. The van der Waals surface area contributed by atoms with Crippen LogP contribution in [0.4, 0.5) is 0 Å². The number of ketones is 1. The van der Waals surface area contributed by atoms with Gasteiger partial charge < -0.3 is 5.11 Å². The number of carbonyl (C=O) groups is 1. The third-order valence-electron chi connectivity index (χ3n) is 4.45. The van der Waals surface area contributed by atoms with Crippen LogP contribution in [0.25, 0.3) is 0 Å². The van der Waals surface area contributed by atoms with Crippen molar-refractivity contribution in [2.75, 3.05) is 0 Å². The minimum atomic E-state index is -0.474. The van der Waals surface area contributed by atoms with Gasteiger partial charge in [0.2, 0.25) is 0 Å². The summed E-state index contributed by atoms with van der Waals surface area (Å²) in [6.07, 6.45) is 2.80. The van der Waals surface area contributed by atoms with E-state index in [1.165, 1.54) is 11.1 Å². The zero-order chi connectivity index (χ0) is 12.1. The predicted octanol–water partition coefficient (Wildman–Crippen LogP) is 2.63. The third kappa shape index (κ3) is 1.47. The van der Waals surface area contributed by atoms with Gasteiger partial charge in [-0.2, -0.15) is 0 Å². The molecule has 0 radical (unpaired) electrons. The summed E-state index contributed by atoms with van der Waals surface area (Å²) in [6, 6.07) is 0. The number of allylic oxidation sites excluding steroid dienone is 3. The Morgan fingerprint density at radius 2 is 1.94 bits per heavy atom. The number of rotatable bonds is 0. The van der Waals surface area contributed by atoms with E-state index in [0.29, 0.717) is 0 Å². The molecule has 0 aromatic carbocycles. The number of hydrogen-bond donors (Lipinski definition) is 1. The highest BCUT2D eigenvalue weighted by Crippen LogP contribution is 2.50. The van der Waals surface area contributed by atoms with Crippen molar-refractivity contribution < 1.29 is 9.90 Å². The molecular weight excluding hydrogens is 200 g/mol. The van der Waals surface area contributed by atoms with E-state index in [9.17, 15) is 9.90 Å². The van der Waals surface area contributed by atoms with Crippen LogP contribution in [0.3, 0.4) is 0 Å². The van der Waals surface area contributed by atoms with Crippen molar-refractivity contribution in [2.24, 2.45) is 11.3 Å². The average Bonchev–Trinajstić information content (AvgIpc) is 2.20. The number of aliphatic hydroxyl groups is 1. The van der Waals surface area contributed by atoms with Gasteiger partial charge in [0.1, 0.15) is 0 Å². The highest BCUT2D eigenvalue weighted by Gasteiger charge is 2.49. The second kappa shape index (κ2) is 3.56. The first-order valence-electron chi connectivity index (χ1n) is 5.91. The first-order chi connectivity index (χ1) is 7.36. The van der Waals surface area contributed by atoms with Crippen LogP contribution in [-0.4, -0.2) is 17.0 Å². The molecule has 1 N–H and O–H groups in total. The Balaban J connectivity index is 2.47. The van der Waals surface area contributed by atoms with Gasteiger partial charge in [-0.05, 0) is 45.3 Å². The second-order valence-corrected chi connectivity index (χ2v) is 5.69. The van der Waals surface area contributed by atoms with Gasteiger partial charge in [0.05, 0.1) is 6.10 Å². The van der Waals surface area contributed by atoms with Crippen molar-refractivity contribution in [1.29, 1.82) is 0 Å². The third-order valence-corrected chi connectivity index (χ3v) is 4.45. The van der Waals surface area contributed by atoms with E-state index in [1.54, 1.807) is 6.08 Å². The van der Waals surface area contributed by atoms with Gasteiger partial charge in [-0.1, -0.05) is 18.1 Å². The fourth-order valence-electron chi connectivity index (χ4n) is 3.20. The Hall–Kier alpha value is -0.890. The minimum absolute atomic E-state index is 0.0325. The summed E-state index contributed by atoms with van der Waals surface area (Å²) in [4.78, 5) is 12.0. The molecule has 16 heavy (non-hydrogen) atoms. The van der Waals surface area contributed by atoms with E-state index < -0.39 is 6.10 Å². The lowest BCUT2D eigenvalue weighted by atomic mass is 9.58. The molecule has 0 saturated heterocycles. The molecule has 0 spiro atoms. The number of carbonyl (C=O) groups excluding carboxylic acids is 1. The highest BCUT2D eigenvalue weighted by molar-refractivity contribution is 5.94. The molecule has 0 unspecified atom stereocenters. The van der Waals surface area contributed by atoms with Gasteiger partial charge in [0, 0.05) is 11.3 Å². The normalized spacial score (nSPS) is 39.6. The molecule has 2 aliphatic rings. The van der Waals surface area contributed by atoms with Crippen LogP contribution in [0, 0.1) is 11.3 Å². The molecule has 0 amide bonds. The molecule has 2 aliphatic carbocycles. The summed E-state index contributed by atoms with van der Waals surface area (Å²) in [5, 5.41) is 10.3.